The van der Waals surface area contributed by atoms with Gasteiger partial charge in [-0.1, -0.05) is 12.1 Å². The molecule has 0 aliphatic heterocycles. The Morgan fingerprint density at radius 3 is 2.50 bits per heavy atom. The van der Waals surface area contributed by atoms with E-state index in [0.29, 0.717) is 19.1 Å². The van der Waals surface area contributed by atoms with Crippen LogP contribution in [0.2, 0.25) is 0 Å². The third kappa shape index (κ3) is 3.44. The van der Waals surface area contributed by atoms with E-state index in [1.54, 1.807) is 19.2 Å². The average Bonchev–Trinajstić information content (AvgIpc) is 2.20. The molecule has 1 unspecified atom stereocenters. The summed E-state index contributed by atoms with van der Waals surface area (Å²) in [6.07, 6.45) is 0.838. The van der Waals surface area contributed by atoms with E-state index in [1.165, 1.54) is 12.1 Å². The maximum absolute atomic E-state index is 12.6. The third-order valence-corrected chi connectivity index (χ3v) is 2.17. The molecule has 1 aromatic rings. The lowest BCUT2D eigenvalue weighted by molar-refractivity contribution is 0.155. The zero-order valence-corrected chi connectivity index (χ0v) is 8.37. The SMILES string of the molecule is COCC(CN)Cc1ccc(F)cc1. The fourth-order valence-corrected chi connectivity index (χ4v) is 1.40. The van der Waals surface area contributed by atoms with Crippen molar-refractivity contribution in [1.82, 2.24) is 0 Å². The van der Waals surface area contributed by atoms with Crippen molar-refractivity contribution in [3.05, 3.63) is 35.6 Å². The Balaban J connectivity index is 2.53. The molecule has 1 atom stereocenters. The normalized spacial score (nSPS) is 12.8. The molecule has 3 heteroatoms. The molecule has 0 aliphatic rings. The lowest BCUT2D eigenvalue weighted by Gasteiger charge is -2.13. The van der Waals surface area contributed by atoms with Gasteiger partial charge in [0.2, 0.25) is 0 Å². The van der Waals surface area contributed by atoms with Crippen LogP contribution in [0, 0.1) is 11.7 Å². The summed E-state index contributed by atoms with van der Waals surface area (Å²) < 4.78 is 17.6. The Morgan fingerprint density at radius 1 is 1.36 bits per heavy atom. The van der Waals surface area contributed by atoms with Gasteiger partial charge in [0, 0.05) is 7.11 Å². The average molecular weight is 197 g/mol. The Hall–Kier alpha value is -0.930. The molecule has 78 valence electrons. The summed E-state index contributed by atoms with van der Waals surface area (Å²) in [5.41, 5.74) is 6.68. The van der Waals surface area contributed by atoms with Gasteiger partial charge in [0.1, 0.15) is 5.82 Å². The maximum atomic E-state index is 12.6. The van der Waals surface area contributed by atoms with E-state index in [9.17, 15) is 4.39 Å². The lowest BCUT2D eigenvalue weighted by atomic mass is 10.0. The molecule has 0 aliphatic carbocycles. The lowest BCUT2D eigenvalue weighted by Crippen LogP contribution is -2.21. The second-order valence-electron chi connectivity index (χ2n) is 3.39. The van der Waals surface area contributed by atoms with E-state index in [1.807, 2.05) is 0 Å². The first-order valence-corrected chi connectivity index (χ1v) is 4.69. The van der Waals surface area contributed by atoms with Gasteiger partial charge in [0.15, 0.2) is 0 Å². The summed E-state index contributed by atoms with van der Waals surface area (Å²) in [6, 6.07) is 6.51. The first kappa shape index (κ1) is 11.1. The largest absolute Gasteiger partial charge is 0.384 e. The summed E-state index contributed by atoms with van der Waals surface area (Å²) >= 11 is 0. The van der Waals surface area contributed by atoms with Crippen molar-refractivity contribution in [2.75, 3.05) is 20.3 Å². The highest BCUT2D eigenvalue weighted by Crippen LogP contribution is 2.09. The van der Waals surface area contributed by atoms with Crippen molar-refractivity contribution < 1.29 is 9.13 Å². The van der Waals surface area contributed by atoms with Crippen molar-refractivity contribution in [2.24, 2.45) is 11.7 Å². The minimum atomic E-state index is -0.204. The molecule has 0 saturated heterocycles. The molecular weight excluding hydrogens is 181 g/mol. The Labute approximate surface area is 83.9 Å². The molecule has 0 aromatic heterocycles. The summed E-state index contributed by atoms with van der Waals surface area (Å²) in [5.74, 6) is 0.107. The zero-order chi connectivity index (χ0) is 10.4. The molecular formula is C11H16FNO. The van der Waals surface area contributed by atoms with Crippen molar-refractivity contribution in [1.29, 1.82) is 0 Å². The molecule has 0 amide bonds. The van der Waals surface area contributed by atoms with Crippen molar-refractivity contribution >= 4 is 0 Å². The number of hydrogen-bond donors (Lipinski definition) is 1. The van der Waals surface area contributed by atoms with Crippen LogP contribution in [-0.2, 0) is 11.2 Å². The molecule has 1 rings (SSSR count). The molecule has 0 radical (unpaired) electrons. The molecule has 0 bridgehead atoms. The molecule has 0 fully saturated rings. The molecule has 2 nitrogen and oxygen atoms in total. The first-order valence-electron chi connectivity index (χ1n) is 4.69. The van der Waals surface area contributed by atoms with Gasteiger partial charge < -0.3 is 10.5 Å². The Kier molecular flexibility index (Phi) is 4.56. The van der Waals surface area contributed by atoms with Crippen molar-refractivity contribution in [3.8, 4) is 0 Å². The summed E-state index contributed by atoms with van der Waals surface area (Å²) in [4.78, 5) is 0. The molecule has 14 heavy (non-hydrogen) atoms. The topological polar surface area (TPSA) is 35.2 Å². The highest BCUT2D eigenvalue weighted by atomic mass is 19.1. The van der Waals surface area contributed by atoms with Gasteiger partial charge in [-0.15, -0.1) is 0 Å². The smallest absolute Gasteiger partial charge is 0.123 e. The quantitative estimate of drug-likeness (QED) is 0.778. The van der Waals surface area contributed by atoms with Crippen molar-refractivity contribution in [2.45, 2.75) is 6.42 Å². The molecule has 1 aromatic carbocycles. The Bertz CT molecular complexity index is 260. The highest BCUT2D eigenvalue weighted by Gasteiger charge is 2.07. The number of ether oxygens (including phenoxy) is 1. The van der Waals surface area contributed by atoms with E-state index >= 15 is 0 Å². The third-order valence-electron chi connectivity index (χ3n) is 2.17. The van der Waals surface area contributed by atoms with Gasteiger partial charge in [-0.25, -0.2) is 4.39 Å². The number of halogens is 1. The van der Waals surface area contributed by atoms with E-state index < -0.39 is 0 Å². The van der Waals surface area contributed by atoms with E-state index in [0.717, 1.165) is 12.0 Å². The van der Waals surface area contributed by atoms with Gasteiger partial charge in [0.05, 0.1) is 6.61 Å². The number of benzene rings is 1. The highest BCUT2D eigenvalue weighted by molar-refractivity contribution is 5.16. The fourth-order valence-electron chi connectivity index (χ4n) is 1.40. The van der Waals surface area contributed by atoms with E-state index in [-0.39, 0.29) is 5.82 Å². The summed E-state index contributed by atoms with van der Waals surface area (Å²) in [6.45, 7) is 1.24. The first-order chi connectivity index (χ1) is 6.76. The summed E-state index contributed by atoms with van der Waals surface area (Å²) in [7, 11) is 1.66. The van der Waals surface area contributed by atoms with Gasteiger partial charge in [-0.05, 0) is 36.6 Å². The second kappa shape index (κ2) is 5.73. The minimum absolute atomic E-state index is 0.204. The number of nitrogens with two attached hydrogens (primary N) is 1. The molecule has 0 spiro atoms. The standard InChI is InChI=1S/C11H16FNO/c1-14-8-10(7-13)6-9-2-4-11(12)5-3-9/h2-5,10H,6-8,13H2,1H3. The van der Waals surface area contributed by atoms with Crippen LogP contribution in [0.4, 0.5) is 4.39 Å². The van der Waals surface area contributed by atoms with Gasteiger partial charge in [-0.2, -0.15) is 0 Å². The predicted octanol–water partition coefficient (Wildman–Crippen LogP) is 1.59. The van der Waals surface area contributed by atoms with Crippen LogP contribution in [0.25, 0.3) is 0 Å². The second-order valence-corrected chi connectivity index (χ2v) is 3.39. The maximum Gasteiger partial charge on any atom is 0.123 e. The van der Waals surface area contributed by atoms with Gasteiger partial charge >= 0.3 is 0 Å². The summed E-state index contributed by atoms with van der Waals surface area (Å²) in [5, 5.41) is 0. The Morgan fingerprint density at radius 2 is 2.00 bits per heavy atom. The van der Waals surface area contributed by atoms with Crippen LogP contribution in [0.15, 0.2) is 24.3 Å². The van der Waals surface area contributed by atoms with E-state index in [2.05, 4.69) is 0 Å². The zero-order valence-electron chi connectivity index (χ0n) is 8.37. The van der Waals surface area contributed by atoms with Crippen LogP contribution < -0.4 is 5.73 Å². The molecule has 2 N–H and O–H groups in total. The van der Waals surface area contributed by atoms with Crippen LogP contribution in [0.5, 0.6) is 0 Å². The van der Waals surface area contributed by atoms with Crippen molar-refractivity contribution in [3.63, 3.8) is 0 Å². The van der Waals surface area contributed by atoms with Crippen LogP contribution in [-0.4, -0.2) is 20.3 Å². The minimum Gasteiger partial charge on any atom is -0.384 e. The van der Waals surface area contributed by atoms with E-state index in [4.69, 9.17) is 10.5 Å². The monoisotopic (exact) mass is 197 g/mol. The number of hydrogen-bond acceptors (Lipinski definition) is 2. The number of methoxy groups -OCH3 is 1. The van der Waals surface area contributed by atoms with Crippen LogP contribution in [0.1, 0.15) is 5.56 Å². The van der Waals surface area contributed by atoms with Gasteiger partial charge in [0.25, 0.3) is 0 Å². The van der Waals surface area contributed by atoms with Gasteiger partial charge in [-0.3, -0.25) is 0 Å². The number of rotatable bonds is 5. The molecule has 0 saturated carbocycles. The fraction of sp³-hybridized carbons (Fsp3) is 0.455. The van der Waals surface area contributed by atoms with Crippen LogP contribution >= 0.6 is 0 Å². The molecule has 0 heterocycles. The predicted molar refractivity (Wildman–Crippen MR) is 54.5 cm³/mol. The van der Waals surface area contributed by atoms with Crippen LogP contribution in [0.3, 0.4) is 0 Å².